The van der Waals surface area contributed by atoms with Gasteiger partial charge in [0.2, 0.25) is 0 Å². The molecule has 1 aromatic carbocycles. The first-order valence-corrected chi connectivity index (χ1v) is 7.04. The lowest BCUT2D eigenvalue weighted by atomic mass is 10.1. The van der Waals surface area contributed by atoms with E-state index in [4.69, 9.17) is 5.26 Å². The predicted molar refractivity (Wildman–Crippen MR) is 82.1 cm³/mol. The standard InChI is InChI=1S/C16H12F3N5/c1-9-5-12(16(17,18)19)13-14(23-24-15(13)22-9)21-8-11-4-2-3-10(6-11)7-20/h2-6H,8H2,1H3,(H2,21,22,23,24). The molecule has 0 aliphatic carbocycles. The molecular weight excluding hydrogens is 319 g/mol. The summed E-state index contributed by atoms with van der Waals surface area (Å²) in [4.78, 5) is 4.05. The van der Waals surface area contributed by atoms with Gasteiger partial charge in [-0.3, -0.25) is 5.10 Å². The third-order valence-corrected chi connectivity index (χ3v) is 3.48. The average Bonchev–Trinajstić information content (AvgIpc) is 2.94. The summed E-state index contributed by atoms with van der Waals surface area (Å²) < 4.78 is 39.9. The fraction of sp³-hybridized carbons (Fsp3) is 0.188. The van der Waals surface area contributed by atoms with E-state index in [0.717, 1.165) is 11.6 Å². The first kappa shape index (κ1) is 15.8. The highest BCUT2D eigenvalue weighted by Crippen LogP contribution is 2.37. The maximum Gasteiger partial charge on any atom is 0.417 e. The maximum atomic E-state index is 13.3. The van der Waals surface area contributed by atoms with Crippen molar-refractivity contribution in [2.45, 2.75) is 19.6 Å². The molecule has 0 bridgehead atoms. The number of nitrogens with zero attached hydrogens (tertiary/aromatic N) is 3. The number of hydrogen-bond acceptors (Lipinski definition) is 4. The molecule has 0 saturated carbocycles. The summed E-state index contributed by atoms with van der Waals surface area (Å²) in [6.45, 7) is 1.73. The first-order valence-electron chi connectivity index (χ1n) is 7.04. The topological polar surface area (TPSA) is 77.4 Å². The van der Waals surface area contributed by atoms with E-state index in [0.29, 0.717) is 5.56 Å². The minimum absolute atomic E-state index is 0.0761. The quantitative estimate of drug-likeness (QED) is 0.766. The van der Waals surface area contributed by atoms with Crippen LogP contribution in [-0.2, 0) is 12.7 Å². The van der Waals surface area contributed by atoms with Crippen LogP contribution in [0.5, 0.6) is 0 Å². The lowest BCUT2D eigenvalue weighted by Crippen LogP contribution is -2.08. The molecule has 0 aliphatic heterocycles. The Morgan fingerprint density at radius 1 is 1.29 bits per heavy atom. The number of nitrogens with one attached hydrogen (secondary N) is 2. The Morgan fingerprint density at radius 3 is 2.79 bits per heavy atom. The number of aromatic nitrogens is 3. The summed E-state index contributed by atoms with van der Waals surface area (Å²) in [5.74, 6) is 0.0761. The number of alkyl halides is 3. The fourth-order valence-electron chi connectivity index (χ4n) is 2.45. The fourth-order valence-corrected chi connectivity index (χ4v) is 2.45. The number of pyridine rings is 1. The molecule has 0 saturated heterocycles. The normalized spacial score (nSPS) is 11.5. The number of anilines is 1. The monoisotopic (exact) mass is 331 g/mol. The van der Waals surface area contributed by atoms with Gasteiger partial charge in [0.15, 0.2) is 11.5 Å². The minimum atomic E-state index is -4.51. The molecule has 24 heavy (non-hydrogen) atoms. The Hall–Kier alpha value is -3.08. The van der Waals surface area contributed by atoms with Crippen LogP contribution >= 0.6 is 0 Å². The molecule has 0 radical (unpaired) electrons. The second-order valence-electron chi connectivity index (χ2n) is 5.27. The van der Waals surface area contributed by atoms with Gasteiger partial charge in [-0.15, -0.1) is 0 Å². The van der Waals surface area contributed by atoms with E-state index in [-0.39, 0.29) is 29.1 Å². The van der Waals surface area contributed by atoms with Gasteiger partial charge in [0.1, 0.15) is 0 Å². The maximum absolute atomic E-state index is 13.3. The van der Waals surface area contributed by atoms with Crippen molar-refractivity contribution in [1.82, 2.24) is 15.2 Å². The average molecular weight is 331 g/mol. The number of fused-ring (bicyclic) bond motifs is 1. The molecule has 2 aromatic heterocycles. The predicted octanol–water partition coefficient (Wildman–Crippen LogP) is 3.77. The molecule has 2 heterocycles. The van der Waals surface area contributed by atoms with Crippen LogP contribution in [0.3, 0.4) is 0 Å². The van der Waals surface area contributed by atoms with Gasteiger partial charge in [-0.05, 0) is 30.7 Å². The van der Waals surface area contributed by atoms with Gasteiger partial charge < -0.3 is 5.32 Å². The van der Waals surface area contributed by atoms with Gasteiger partial charge >= 0.3 is 6.18 Å². The van der Waals surface area contributed by atoms with E-state index < -0.39 is 11.7 Å². The molecule has 8 heteroatoms. The highest BCUT2D eigenvalue weighted by Gasteiger charge is 2.35. The summed E-state index contributed by atoms with van der Waals surface area (Å²) in [7, 11) is 0. The van der Waals surface area contributed by atoms with Crippen molar-refractivity contribution < 1.29 is 13.2 Å². The lowest BCUT2D eigenvalue weighted by Gasteiger charge is -2.10. The van der Waals surface area contributed by atoms with Crippen molar-refractivity contribution in [1.29, 1.82) is 5.26 Å². The van der Waals surface area contributed by atoms with E-state index >= 15 is 0 Å². The first-order chi connectivity index (χ1) is 11.4. The van der Waals surface area contributed by atoms with Crippen LogP contribution in [0.2, 0.25) is 0 Å². The molecule has 122 valence electrons. The van der Waals surface area contributed by atoms with E-state index in [2.05, 4.69) is 20.5 Å². The Kier molecular flexibility index (Phi) is 3.85. The van der Waals surface area contributed by atoms with E-state index in [1.54, 1.807) is 24.3 Å². The van der Waals surface area contributed by atoms with E-state index in [1.165, 1.54) is 6.92 Å². The molecule has 3 rings (SSSR count). The van der Waals surface area contributed by atoms with Crippen molar-refractivity contribution in [3.8, 4) is 6.07 Å². The molecule has 5 nitrogen and oxygen atoms in total. The zero-order valence-corrected chi connectivity index (χ0v) is 12.6. The molecule has 0 fully saturated rings. The van der Waals surface area contributed by atoms with Crippen LogP contribution in [0.4, 0.5) is 19.0 Å². The van der Waals surface area contributed by atoms with Crippen molar-refractivity contribution in [3.05, 3.63) is 52.7 Å². The third kappa shape index (κ3) is 3.01. The van der Waals surface area contributed by atoms with Crippen LogP contribution < -0.4 is 5.32 Å². The van der Waals surface area contributed by atoms with Gasteiger partial charge in [-0.2, -0.15) is 23.5 Å². The number of aromatic amines is 1. The molecular formula is C16H12F3N5. The van der Waals surface area contributed by atoms with Gasteiger partial charge in [0.25, 0.3) is 0 Å². The summed E-state index contributed by atoms with van der Waals surface area (Å²) in [5, 5.41) is 18.1. The summed E-state index contributed by atoms with van der Waals surface area (Å²) in [6.07, 6.45) is -4.51. The zero-order valence-electron chi connectivity index (χ0n) is 12.6. The second-order valence-corrected chi connectivity index (χ2v) is 5.27. The molecule has 3 aromatic rings. The summed E-state index contributed by atoms with van der Waals surface area (Å²) in [6, 6.07) is 9.82. The van der Waals surface area contributed by atoms with Gasteiger partial charge in [-0.1, -0.05) is 12.1 Å². The number of benzene rings is 1. The highest BCUT2D eigenvalue weighted by molar-refractivity contribution is 5.91. The largest absolute Gasteiger partial charge is 0.417 e. The number of halogens is 3. The number of nitriles is 1. The van der Waals surface area contributed by atoms with Gasteiger partial charge in [0, 0.05) is 12.2 Å². The number of hydrogen-bond donors (Lipinski definition) is 2. The molecule has 0 aliphatic rings. The highest BCUT2D eigenvalue weighted by atomic mass is 19.4. The second kappa shape index (κ2) is 5.85. The van der Waals surface area contributed by atoms with Gasteiger partial charge in [0.05, 0.1) is 22.6 Å². The van der Waals surface area contributed by atoms with Crippen LogP contribution in [0.25, 0.3) is 11.0 Å². The van der Waals surface area contributed by atoms with Crippen LogP contribution in [0.15, 0.2) is 30.3 Å². The van der Waals surface area contributed by atoms with Crippen molar-refractivity contribution >= 4 is 16.9 Å². The molecule has 0 amide bonds. The zero-order chi connectivity index (χ0) is 17.3. The number of aryl methyl sites for hydroxylation is 1. The smallest absolute Gasteiger partial charge is 0.364 e. The number of H-pyrrole nitrogens is 1. The minimum Gasteiger partial charge on any atom is -0.364 e. The lowest BCUT2D eigenvalue weighted by molar-refractivity contribution is -0.136. The Labute approximate surface area is 135 Å². The van der Waals surface area contributed by atoms with Gasteiger partial charge in [-0.25, -0.2) is 4.98 Å². The summed E-state index contributed by atoms with van der Waals surface area (Å²) in [5.41, 5.74) is 0.794. The van der Waals surface area contributed by atoms with Crippen LogP contribution in [0, 0.1) is 18.3 Å². The summed E-state index contributed by atoms with van der Waals surface area (Å²) >= 11 is 0. The Morgan fingerprint density at radius 2 is 2.08 bits per heavy atom. The van der Waals surface area contributed by atoms with Crippen molar-refractivity contribution in [2.24, 2.45) is 0 Å². The van der Waals surface area contributed by atoms with Crippen molar-refractivity contribution in [2.75, 3.05) is 5.32 Å². The SMILES string of the molecule is Cc1cc(C(F)(F)F)c2c(NCc3cccc(C#N)c3)n[nH]c2n1. The van der Waals surface area contributed by atoms with E-state index in [1.807, 2.05) is 6.07 Å². The number of rotatable bonds is 3. The molecule has 0 atom stereocenters. The molecule has 2 N–H and O–H groups in total. The Bertz CT molecular complexity index is 937. The third-order valence-electron chi connectivity index (χ3n) is 3.48. The van der Waals surface area contributed by atoms with E-state index in [9.17, 15) is 13.2 Å². The molecule has 0 unspecified atom stereocenters. The Balaban J connectivity index is 1.97. The van der Waals surface area contributed by atoms with Crippen molar-refractivity contribution in [3.63, 3.8) is 0 Å². The van der Waals surface area contributed by atoms with Crippen LogP contribution in [0.1, 0.15) is 22.4 Å². The molecule has 0 spiro atoms. The van der Waals surface area contributed by atoms with Crippen LogP contribution in [-0.4, -0.2) is 15.2 Å².